The van der Waals surface area contributed by atoms with Crippen LogP contribution in [0.5, 0.6) is 0 Å². The molecule has 0 heterocycles. The van der Waals surface area contributed by atoms with Gasteiger partial charge in [-0.15, -0.1) is 0 Å². The maximum atomic E-state index is 5.80. The lowest BCUT2D eigenvalue weighted by molar-refractivity contribution is 1.62. The fourth-order valence-electron chi connectivity index (χ4n) is 0.622. The quantitative estimate of drug-likeness (QED) is 0.315. The van der Waals surface area contributed by atoms with Gasteiger partial charge in [-0.2, -0.15) is 0 Å². The van der Waals surface area contributed by atoms with Crippen molar-refractivity contribution in [1.29, 1.82) is 0 Å². The number of halogens is 5. The van der Waals surface area contributed by atoms with Crippen molar-refractivity contribution in [1.82, 2.24) is 0 Å². The zero-order chi connectivity index (χ0) is 9.46. The molecule has 12 heavy (non-hydrogen) atoms. The van der Waals surface area contributed by atoms with E-state index < -0.39 is 0 Å². The van der Waals surface area contributed by atoms with Gasteiger partial charge in [0, 0.05) is 0 Å². The van der Waals surface area contributed by atoms with Crippen molar-refractivity contribution in [3.05, 3.63) is 23.7 Å². The van der Waals surface area contributed by atoms with Gasteiger partial charge in [0.2, 0.25) is 0 Å². The summed E-state index contributed by atoms with van der Waals surface area (Å²) < 4.78 is 0.611. The Morgan fingerprint density at radius 3 is 1.50 bits per heavy atom. The Labute approximate surface area is 103 Å². The van der Waals surface area contributed by atoms with Gasteiger partial charge in [0.05, 0.1) is 29.3 Å². The Morgan fingerprint density at radius 1 is 0.833 bits per heavy atom. The van der Waals surface area contributed by atoms with Crippen LogP contribution in [0.15, 0.2) is 0 Å². The molecule has 0 unspecified atom stereocenters. The number of hydrogen-bond donors (Lipinski definition) is 1. The third kappa shape index (κ3) is 1.73. The number of nitrogen functional groups attached to an aromatic ring is 1. The first kappa shape index (κ1) is 11.0. The van der Waals surface area contributed by atoms with Crippen LogP contribution in [0.4, 0.5) is 5.69 Å². The lowest BCUT2D eigenvalue weighted by Gasteiger charge is -2.07. The van der Waals surface area contributed by atoms with Crippen LogP contribution in [-0.4, -0.2) is 0 Å². The topological polar surface area (TPSA) is 26.0 Å². The number of hydrogen-bond acceptors (Lipinski definition) is 1. The highest BCUT2D eigenvalue weighted by atomic mass is 127. The molecule has 0 aromatic heterocycles. The van der Waals surface area contributed by atoms with E-state index in [-0.39, 0.29) is 15.7 Å². The molecule has 0 spiro atoms. The van der Waals surface area contributed by atoms with E-state index in [9.17, 15) is 0 Å². The van der Waals surface area contributed by atoms with E-state index in [1.54, 1.807) is 0 Å². The highest BCUT2D eigenvalue weighted by molar-refractivity contribution is 14.1. The summed E-state index contributed by atoms with van der Waals surface area (Å²) in [6.07, 6.45) is 0. The fraction of sp³-hybridized carbons (Fsp3) is 0. The number of anilines is 1. The summed E-state index contributed by atoms with van der Waals surface area (Å²) in [7, 11) is 0. The van der Waals surface area contributed by atoms with E-state index in [1.165, 1.54) is 0 Å². The highest BCUT2D eigenvalue weighted by Crippen LogP contribution is 2.43. The summed E-state index contributed by atoms with van der Waals surface area (Å²) in [6, 6.07) is 0. The number of nitrogens with two attached hydrogens (primary N) is 1. The Kier molecular flexibility index (Phi) is 3.63. The first-order valence-electron chi connectivity index (χ1n) is 2.73. The van der Waals surface area contributed by atoms with Crippen LogP contribution < -0.4 is 5.73 Å². The molecule has 0 aliphatic rings. The molecule has 0 bridgehead atoms. The van der Waals surface area contributed by atoms with Crippen molar-refractivity contribution in [2.24, 2.45) is 0 Å². The van der Waals surface area contributed by atoms with Gasteiger partial charge in [0.15, 0.2) is 0 Å². The molecule has 0 saturated carbocycles. The Bertz CT molecular complexity index is 234. The summed E-state index contributed by atoms with van der Waals surface area (Å²) in [5, 5.41) is 1.17. The van der Waals surface area contributed by atoms with Crippen LogP contribution in [-0.2, 0) is 0 Å². The van der Waals surface area contributed by atoms with E-state index in [0.29, 0.717) is 13.6 Å². The minimum absolute atomic E-state index is 0.216. The molecule has 0 amide bonds. The van der Waals surface area contributed by atoms with Crippen molar-refractivity contribution in [2.75, 3.05) is 5.73 Å². The van der Waals surface area contributed by atoms with Crippen LogP contribution in [0.25, 0.3) is 0 Å². The van der Waals surface area contributed by atoms with E-state index in [1.807, 2.05) is 22.6 Å². The lowest BCUT2D eigenvalue weighted by atomic mass is 10.3. The SMILES string of the molecule is Nc1c(Cl)c(Cl)c(I)c(Cl)c1Cl. The van der Waals surface area contributed by atoms with Crippen LogP contribution >= 0.6 is 69.0 Å². The molecule has 1 nitrogen and oxygen atoms in total. The second-order valence-electron chi connectivity index (χ2n) is 1.98. The van der Waals surface area contributed by atoms with Gasteiger partial charge in [-0.1, -0.05) is 46.4 Å². The summed E-state index contributed by atoms with van der Waals surface area (Å²) in [5.74, 6) is 0. The van der Waals surface area contributed by atoms with Crippen molar-refractivity contribution < 1.29 is 0 Å². The number of rotatable bonds is 0. The van der Waals surface area contributed by atoms with Crippen molar-refractivity contribution in [2.45, 2.75) is 0 Å². The molecule has 0 aliphatic carbocycles. The number of benzene rings is 1. The van der Waals surface area contributed by atoms with Gasteiger partial charge in [-0.3, -0.25) is 0 Å². The second kappa shape index (κ2) is 3.96. The second-order valence-corrected chi connectivity index (χ2v) is 4.57. The minimum atomic E-state index is 0.216. The van der Waals surface area contributed by atoms with Gasteiger partial charge in [-0.05, 0) is 22.6 Å². The van der Waals surface area contributed by atoms with Crippen LogP contribution in [0.3, 0.4) is 0 Å². The molecular weight excluding hydrogens is 355 g/mol. The maximum Gasteiger partial charge on any atom is 0.0848 e. The van der Waals surface area contributed by atoms with Gasteiger partial charge < -0.3 is 5.73 Å². The van der Waals surface area contributed by atoms with E-state index in [2.05, 4.69) is 0 Å². The van der Waals surface area contributed by atoms with Crippen molar-refractivity contribution in [3.8, 4) is 0 Å². The maximum absolute atomic E-state index is 5.80. The first-order valence-corrected chi connectivity index (χ1v) is 5.32. The molecule has 66 valence electrons. The molecule has 0 saturated heterocycles. The summed E-state index contributed by atoms with van der Waals surface area (Å²) in [6.45, 7) is 0. The monoisotopic (exact) mass is 355 g/mol. The molecule has 0 atom stereocenters. The first-order chi connectivity index (χ1) is 5.46. The molecule has 0 fully saturated rings. The van der Waals surface area contributed by atoms with Gasteiger partial charge in [-0.25, -0.2) is 0 Å². The fourth-order valence-corrected chi connectivity index (χ4v) is 2.35. The largest absolute Gasteiger partial charge is 0.396 e. The molecule has 1 rings (SSSR count). The lowest BCUT2D eigenvalue weighted by Crippen LogP contribution is -1.92. The molecule has 1 aromatic carbocycles. The Hall–Kier alpha value is 0.910. The standard InChI is InChI=1S/C6H2Cl4IN/c7-1-3(9)6(12)4(10)2(8)5(1)11/h12H2. The molecular formula is C6H2Cl4IN. The zero-order valence-electron chi connectivity index (χ0n) is 5.47. The highest BCUT2D eigenvalue weighted by Gasteiger charge is 2.16. The third-order valence-corrected chi connectivity index (χ3v) is 4.69. The summed E-state index contributed by atoms with van der Waals surface area (Å²) in [5.41, 5.74) is 5.73. The normalized spacial score (nSPS) is 10.4. The smallest absolute Gasteiger partial charge is 0.0848 e. The summed E-state index contributed by atoms with van der Waals surface area (Å²) >= 11 is 25.1. The Morgan fingerprint density at radius 2 is 1.17 bits per heavy atom. The third-order valence-electron chi connectivity index (χ3n) is 1.24. The predicted molar refractivity (Wildman–Crippen MR) is 63.6 cm³/mol. The zero-order valence-corrected chi connectivity index (χ0v) is 10.6. The van der Waals surface area contributed by atoms with E-state index in [0.717, 1.165) is 0 Å². The minimum Gasteiger partial charge on any atom is -0.396 e. The Balaban J connectivity index is 3.60. The molecule has 6 heteroatoms. The van der Waals surface area contributed by atoms with Crippen molar-refractivity contribution >= 4 is 74.7 Å². The van der Waals surface area contributed by atoms with E-state index in [4.69, 9.17) is 52.1 Å². The van der Waals surface area contributed by atoms with Gasteiger partial charge in [0.1, 0.15) is 0 Å². The van der Waals surface area contributed by atoms with E-state index >= 15 is 0 Å². The molecule has 0 radical (unpaired) electrons. The average molecular weight is 357 g/mol. The molecule has 0 aliphatic heterocycles. The molecule has 1 aromatic rings. The van der Waals surface area contributed by atoms with Crippen LogP contribution in [0, 0.1) is 3.57 Å². The van der Waals surface area contributed by atoms with Gasteiger partial charge in [0.25, 0.3) is 0 Å². The molecule has 2 N–H and O–H groups in total. The van der Waals surface area contributed by atoms with Crippen LogP contribution in [0.2, 0.25) is 20.1 Å². The summed E-state index contributed by atoms with van der Waals surface area (Å²) in [4.78, 5) is 0. The predicted octanol–water partition coefficient (Wildman–Crippen LogP) is 4.49. The van der Waals surface area contributed by atoms with Gasteiger partial charge >= 0.3 is 0 Å². The average Bonchev–Trinajstić information content (AvgIpc) is 2.08. The van der Waals surface area contributed by atoms with Crippen LogP contribution in [0.1, 0.15) is 0 Å². The van der Waals surface area contributed by atoms with Crippen molar-refractivity contribution in [3.63, 3.8) is 0 Å².